The molecule has 2 heterocycles. The molecule has 1 aromatic rings. The third-order valence-corrected chi connectivity index (χ3v) is 2.77. The lowest BCUT2D eigenvalue weighted by Gasteiger charge is -2.21. The average molecular weight is 265 g/mol. The molecular weight excluding hydrogens is 246 g/mol. The van der Waals surface area contributed by atoms with Gasteiger partial charge in [-0.2, -0.15) is 0 Å². The molecule has 0 fully saturated rings. The van der Waals surface area contributed by atoms with Crippen molar-refractivity contribution in [3.05, 3.63) is 11.4 Å². The molecule has 19 heavy (non-hydrogen) atoms. The Bertz CT molecular complexity index is 515. The summed E-state index contributed by atoms with van der Waals surface area (Å²) in [5.41, 5.74) is 0.304. The Balaban J connectivity index is 2.18. The van der Waals surface area contributed by atoms with Gasteiger partial charge in [0.25, 0.3) is 11.8 Å². The van der Waals surface area contributed by atoms with Gasteiger partial charge in [0.1, 0.15) is 0 Å². The summed E-state index contributed by atoms with van der Waals surface area (Å²) in [5, 5.41) is 13.2. The van der Waals surface area contributed by atoms with Crippen LogP contribution >= 0.6 is 0 Å². The Morgan fingerprint density at radius 1 is 1.53 bits per heavy atom. The van der Waals surface area contributed by atoms with Gasteiger partial charge in [-0.15, -0.1) is 5.10 Å². The first-order chi connectivity index (χ1) is 8.78. The molecule has 0 unspecified atom stereocenters. The van der Waals surface area contributed by atoms with Crippen LogP contribution in [0.1, 0.15) is 48.7 Å². The fourth-order valence-electron chi connectivity index (χ4n) is 1.84. The van der Waals surface area contributed by atoms with Gasteiger partial charge < -0.3 is 10.6 Å². The van der Waals surface area contributed by atoms with E-state index in [4.69, 9.17) is 0 Å². The first-order valence-corrected chi connectivity index (χ1v) is 6.30. The van der Waals surface area contributed by atoms with Gasteiger partial charge in [0.05, 0.1) is 6.54 Å². The van der Waals surface area contributed by atoms with Crippen molar-refractivity contribution in [3.63, 3.8) is 0 Å². The minimum Gasteiger partial charge on any atom is -0.350 e. The van der Waals surface area contributed by atoms with Crippen LogP contribution in [-0.4, -0.2) is 39.4 Å². The van der Waals surface area contributed by atoms with Crippen LogP contribution in [0.3, 0.4) is 0 Å². The fraction of sp³-hybridized carbons (Fsp3) is 0.667. The molecule has 2 N–H and O–H groups in total. The highest BCUT2D eigenvalue weighted by Gasteiger charge is 2.30. The van der Waals surface area contributed by atoms with Gasteiger partial charge in [0, 0.05) is 12.6 Å². The van der Waals surface area contributed by atoms with Crippen molar-refractivity contribution < 1.29 is 9.59 Å². The van der Waals surface area contributed by atoms with Gasteiger partial charge in [-0.05, 0) is 12.3 Å². The zero-order valence-corrected chi connectivity index (χ0v) is 11.6. The summed E-state index contributed by atoms with van der Waals surface area (Å²) in [6, 6.07) is -0.00723. The van der Waals surface area contributed by atoms with Crippen LogP contribution in [0.2, 0.25) is 0 Å². The summed E-state index contributed by atoms with van der Waals surface area (Å²) < 4.78 is 1.48. The van der Waals surface area contributed by atoms with E-state index in [-0.39, 0.29) is 34.7 Å². The van der Waals surface area contributed by atoms with Crippen LogP contribution in [0.4, 0.5) is 0 Å². The highest BCUT2D eigenvalue weighted by Crippen LogP contribution is 2.13. The first-order valence-electron chi connectivity index (χ1n) is 6.30. The van der Waals surface area contributed by atoms with Crippen LogP contribution in [-0.2, 0) is 6.54 Å². The summed E-state index contributed by atoms with van der Waals surface area (Å²) in [7, 11) is 0. The van der Waals surface area contributed by atoms with E-state index in [1.807, 2.05) is 27.7 Å². The van der Waals surface area contributed by atoms with Crippen molar-refractivity contribution in [2.45, 2.75) is 40.3 Å². The van der Waals surface area contributed by atoms with Crippen molar-refractivity contribution in [2.24, 2.45) is 5.41 Å². The predicted octanol–water partition coefficient (Wildman–Crippen LogP) is 0.186. The van der Waals surface area contributed by atoms with Gasteiger partial charge in [-0.3, -0.25) is 9.59 Å². The molecule has 0 aliphatic carbocycles. The molecule has 1 aromatic heterocycles. The molecule has 0 spiro atoms. The normalized spacial score (nSPS) is 18.7. The molecule has 0 radical (unpaired) electrons. The Morgan fingerprint density at radius 2 is 2.21 bits per heavy atom. The molecule has 0 saturated heterocycles. The predicted molar refractivity (Wildman–Crippen MR) is 68.7 cm³/mol. The second-order valence-corrected chi connectivity index (χ2v) is 6.09. The molecule has 0 saturated carbocycles. The molecule has 7 nitrogen and oxygen atoms in total. The monoisotopic (exact) mass is 265 g/mol. The number of carbonyl (C=O) groups is 2. The summed E-state index contributed by atoms with van der Waals surface area (Å²) in [6.07, 6.45) is 0. The van der Waals surface area contributed by atoms with Crippen molar-refractivity contribution in [1.82, 2.24) is 25.6 Å². The molecule has 1 aliphatic heterocycles. The summed E-state index contributed by atoms with van der Waals surface area (Å²) in [5.74, 6) is -0.662. The molecular formula is C12H19N5O2. The smallest absolute Gasteiger partial charge is 0.274 e. The van der Waals surface area contributed by atoms with Crippen molar-refractivity contribution in [2.75, 3.05) is 6.54 Å². The first kappa shape index (κ1) is 13.5. The molecule has 104 valence electrons. The van der Waals surface area contributed by atoms with Crippen LogP contribution in [0, 0.1) is 5.41 Å². The second kappa shape index (κ2) is 4.64. The molecule has 0 bridgehead atoms. The summed E-state index contributed by atoms with van der Waals surface area (Å²) in [4.78, 5) is 23.9. The Kier molecular flexibility index (Phi) is 3.30. The van der Waals surface area contributed by atoms with Gasteiger partial charge in [0.15, 0.2) is 11.4 Å². The lowest BCUT2D eigenvalue weighted by atomic mass is 9.97. The number of hydrogen-bond acceptors (Lipinski definition) is 4. The molecule has 1 aliphatic rings. The quantitative estimate of drug-likeness (QED) is 0.798. The maximum absolute atomic E-state index is 12.0. The molecule has 1 atom stereocenters. The highest BCUT2D eigenvalue weighted by atomic mass is 16.2. The van der Waals surface area contributed by atoms with E-state index in [9.17, 15) is 9.59 Å². The Hall–Kier alpha value is -1.92. The zero-order chi connectivity index (χ0) is 14.2. The van der Waals surface area contributed by atoms with E-state index in [0.29, 0.717) is 13.1 Å². The topological polar surface area (TPSA) is 88.9 Å². The van der Waals surface area contributed by atoms with E-state index in [1.54, 1.807) is 0 Å². The number of hydrogen-bond donors (Lipinski definition) is 2. The minimum atomic E-state index is -0.360. The summed E-state index contributed by atoms with van der Waals surface area (Å²) >= 11 is 0. The average Bonchev–Trinajstić information content (AvgIpc) is 2.68. The van der Waals surface area contributed by atoms with Crippen molar-refractivity contribution >= 4 is 11.8 Å². The fourth-order valence-corrected chi connectivity index (χ4v) is 1.84. The van der Waals surface area contributed by atoms with Crippen molar-refractivity contribution in [1.29, 1.82) is 0 Å². The maximum atomic E-state index is 12.0. The van der Waals surface area contributed by atoms with Crippen LogP contribution in [0.15, 0.2) is 0 Å². The number of nitrogens with one attached hydrogen (secondary N) is 2. The number of fused-ring (bicyclic) bond motifs is 1. The third-order valence-electron chi connectivity index (χ3n) is 2.77. The minimum absolute atomic E-state index is 0.00723. The maximum Gasteiger partial charge on any atom is 0.274 e. The highest BCUT2D eigenvalue weighted by molar-refractivity contribution is 6.05. The number of rotatable bonds is 2. The van der Waals surface area contributed by atoms with Gasteiger partial charge in [-0.1, -0.05) is 26.0 Å². The lowest BCUT2D eigenvalue weighted by Crippen LogP contribution is -2.44. The van der Waals surface area contributed by atoms with Crippen LogP contribution < -0.4 is 10.6 Å². The number of nitrogens with zero attached hydrogens (tertiary/aromatic N) is 3. The Labute approximate surface area is 111 Å². The van der Waals surface area contributed by atoms with E-state index >= 15 is 0 Å². The number of amides is 2. The third kappa shape index (κ3) is 2.91. The zero-order valence-electron chi connectivity index (χ0n) is 11.6. The van der Waals surface area contributed by atoms with Crippen molar-refractivity contribution in [3.8, 4) is 0 Å². The lowest BCUT2D eigenvalue weighted by molar-refractivity contribution is 0.0877. The van der Waals surface area contributed by atoms with Gasteiger partial charge in [0.2, 0.25) is 0 Å². The Morgan fingerprint density at radius 3 is 2.84 bits per heavy atom. The van der Waals surface area contributed by atoms with E-state index in [2.05, 4.69) is 20.9 Å². The largest absolute Gasteiger partial charge is 0.350 e. The molecule has 0 aromatic carbocycles. The van der Waals surface area contributed by atoms with E-state index in [1.165, 1.54) is 4.68 Å². The summed E-state index contributed by atoms with van der Waals surface area (Å²) in [6.45, 7) is 8.96. The number of aromatic nitrogens is 3. The standard InChI is InChI=1S/C12H19N5O2/c1-7-5-17-9(11(19)14-7)8(15-16-17)10(18)13-6-12(2,3)4/h7H,5-6H2,1-4H3,(H,13,18)(H,14,19)/t7-/m0/s1. The molecule has 2 rings (SSSR count). The van der Waals surface area contributed by atoms with Gasteiger partial charge in [-0.25, -0.2) is 4.68 Å². The van der Waals surface area contributed by atoms with E-state index < -0.39 is 0 Å². The van der Waals surface area contributed by atoms with Crippen LogP contribution in [0.25, 0.3) is 0 Å². The molecule has 7 heteroatoms. The van der Waals surface area contributed by atoms with Gasteiger partial charge >= 0.3 is 0 Å². The SMILES string of the molecule is C[C@H]1Cn2nnc(C(=O)NCC(C)(C)C)c2C(=O)N1. The molecule has 2 amide bonds. The van der Waals surface area contributed by atoms with E-state index in [0.717, 1.165) is 0 Å². The number of carbonyl (C=O) groups excluding carboxylic acids is 2. The van der Waals surface area contributed by atoms with Crippen LogP contribution in [0.5, 0.6) is 0 Å². The second-order valence-electron chi connectivity index (χ2n) is 6.09.